The molecule has 0 bridgehead atoms. The molecular weight excluding hydrogens is 687 g/mol. The van der Waals surface area contributed by atoms with Gasteiger partial charge in [0.15, 0.2) is 0 Å². The van der Waals surface area contributed by atoms with Gasteiger partial charge < -0.3 is 4.90 Å². The predicted molar refractivity (Wildman–Crippen MR) is 245 cm³/mol. The molecule has 0 aromatic heterocycles. The zero-order chi connectivity index (χ0) is 37.7. The molecule has 0 spiro atoms. The van der Waals surface area contributed by atoms with E-state index >= 15 is 0 Å². The molecule has 11 aromatic rings. The van der Waals surface area contributed by atoms with Gasteiger partial charge in [-0.1, -0.05) is 176 Å². The van der Waals surface area contributed by atoms with Crippen LogP contribution in [0.15, 0.2) is 224 Å². The first kappa shape index (κ1) is 32.9. The van der Waals surface area contributed by atoms with Crippen LogP contribution in [-0.4, -0.2) is 0 Å². The van der Waals surface area contributed by atoms with E-state index in [0.29, 0.717) is 0 Å². The van der Waals surface area contributed by atoms with Gasteiger partial charge in [-0.15, -0.1) is 0 Å². The van der Waals surface area contributed by atoms with Crippen LogP contribution in [0.25, 0.3) is 87.2 Å². The fourth-order valence-corrected chi connectivity index (χ4v) is 8.73. The summed E-state index contributed by atoms with van der Waals surface area (Å²) in [6.45, 7) is 0. The van der Waals surface area contributed by atoms with E-state index in [1.807, 2.05) is 0 Å². The number of rotatable bonds is 6. The van der Waals surface area contributed by atoms with Gasteiger partial charge in [0.2, 0.25) is 0 Å². The van der Waals surface area contributed by atoms with Gasteiger partial charge in [-0.05, 0) is 136 Å². The quantitative estimate of drug-likeness (QED) is 0.154. The first-order valence-electron chi connectivity index (χ1n) is 19.7. The van der Waals surface area contributed by atoms with E-state index in [1.165, 1.54) is 87.2 Å². The lowest BCUT2D eigenvalue weighted by atomic mass is 9.94. The molecule has 0 saturated carbocycles. The summed E-state index contributed by atoms with van der Waals surface area (Å²) in [5.41, 5.74) is 10.6. The van der Waals surface area contributed by atoms with Gasteiger partial charge in [0.05, 0.1) is 0 Å². The molecule has 0 radical (unpaired) electrons. The van der Waals surface area contributed by atoms with Gasteiger partial charge >= 0.3 is 0 Å². The largest absolute Gasteiger partial charge is 0.310 e. The average Bonchev–Trinajstić information content (AvgIpc) is 3.29. The van der Waals surface area contributed by atoms with Gasteiger partial charge in [0, 0.05) is 17.1 Å². The second kappa shape index (κ2) is 13.7. The second-order valence-electron chi connectivity index (χ2n) is 15.0. The smallest absolute Gasteiger partial charge is 0.0468 e. The molecule has 0 atom stereocenters. The molecule has 1 heteroatoms. The Bertz CT molecular complexity index is 3290. The molecule has 0 N–H and O–H groups in total. The van der Waals surface area contributed by atoms with Crippen LogP contribution in [0.3, 0.4) is 0 Å². The highest BCUT2D eigenvalue weighted by Crippen LogP contribution is 2.41. The lowest BCUT2D eigenvalue weighted by Gasteiger charge is -2.27. The summed E-state index contributed by atoms with van der Waals surface area (Å²) in [6, 6.07) is 82.1. The Morgan fingerprint density at radius 1 is 0.211 bits per heavy atom. The number of hydrogen-bond acceptors (Lipinski definition) is 1. The minimum Gasteiger partial charge on any atom is -0.310 e. The summed E-state index contributed by atoms with van der Waals surface area (Å²) >= 11 is 0. The van der Waals surface area contributed by atoms with E-state index in [0.717, 1.165) is 17.1 Å². The molecule has 11 rings (SSSR count). The van der Waals surface area contributed by atoms with Crippen LogP contribution < -0.4 is 4.90 Å². The molecule has 0 amide bonds. The maximum Gasteiger partial charge on any atom is 0.0468 e. The SMILES string of the molecule is c1ccc(-c2ccc3cc(N(c4ccc(-c5ccc6c(ccc7ccccc76)c5)cc4)c4cccc(-c5cccc6c5ccc5ccccc56)c4)ccc3c2)cc1. The van der Waals surface area contributed by atoms with Crippen LogP contribution in [0, 0.1) is 0 Å². The molecule has 0 heterocycles. The van der Waals surface area contributed by atoms with Crippen molar-refractivity contribution in [1.82, 2.24) is 0 Å². The van der Waals surface area contributed by atoms with E-state index in [2.05, 4.69) is 229 Å². The Labute approximate surface area is 332 Å². The molecule has 266 valence electrons. The fourth-order valence-electron chi connectivity index (χ4n) is 8.73. The van der Waals surface area contributed by atoms with Crippen molar-refractivity contribution in [2.45, 2.75) is 0 Å². The number of benzene rings is 11. The summed E-state index contributed by atoms with van der Waals surface area (Å²) in [4.78, 5) is 2.39. The highest BCUT2D eigenvalue weighted by atomic mass is 15.1. The number of nitrogens with zero attached hydrogens (tertiary/aromatic N) is 1. The van der Waals surface area contributed by atoms with E-state index in [4.69, 9.17) is 0 Å². The monoisotopic (exact) mass is 723 g/mol. The first-order chi connectivity index (χ1) is 28.2. The third-order valence-electron chi connectivity index (χ3n) is 11.6. The lowest BCUT2D eigenvalue weighted by molar-refractivity contribution is 1.29. The highest BCUT2D eigenvalue weighted by molar-refractivity contribution is 6.12. The molecule has 11 aromatic carbocycles. The zero-order valence-electron chi connectivity index (χ0n) is 31.3. The van der Waals surface area contributed by atoms with Crippen LogP contribution in [0.1, 0.15) is 0 Å². The summed E-state index contributed by atoms with van der Waals surface area (Å²) in [6.07, 6.45) is 0. The molecule has 0 saturated heterocycles. The van der Waals surface area contributed by atoms with Crippen molar-refractivity contribution in [2.75, 3.05) is 4.90 Å². The summed E-state index contributed by atoms with van der Waals surface area (Å²) < 4.78 is 0. The van der Waals surface area contributed by atoms with E-state index in [1.54, 1.807) is 0 Å². The minimum absolute atomic E-state index is 1.10. The molecule has 0 aliphatic rings. The predicted octanol–water partition coefficient (Wildman–Crippen LogP) is 15.9. The van der Waals surface area contributed by atoms with Gasteiger partial charge in [0.1, 0.15) is 0 Å². The Morgan fingerprint density at radius 3 is 1.53 bits per heavy atom. The highest BCUT2D eigenvalue weighted by Gasteiger charge is 2.16. The zero-order valence-corrected chi connectivity index (χ0v) is 31.3. The van der Waals surface area contributed by atoms with E-state index < -0.39 is 0 Å². The van der Waals surface area contributed by atoms with Crippen molar-refractivity contribution in [1.29, 1.82) is 0 Å². The van der Waals surface area contributed by atoms with Crippen molar-refractivity contribution in [3.8, 4) is 33.4 Å². The lowest BCUT2D eigenvalue weighted by Crippen LogP contribution is -2.10. The molecule has 57 heavy (non-hydrogen) atoms. The molecule has 0 unspecified atom stereocenters. The molecule has 1 nitrogen and oxygen atoms in total. The van der Waals surface area contributed by atoms with Crippen molar-refractivity contribution in [3.63, 3.8) is 0 Å². The summed E-state index contributed by atoms with van der Waals surface area (Å²) in [5.74, 6) is 0. The van der Waals surface area contributed by atoms with Crippen LogP contribution in [0.2, 0.25) is 0 Å². The maximum atomic E-state index is 2.39. The van der Waals surface area contributed by atoms with Crippen molar-refractivity contribution in [3.05, 3.63) is 224 Å². The number of hydrogen-bond donors (Lipinski definition) is 0. The van der Waals surface area contributed by atoms with E-state index in [9.17, 15) is 0 Å². The third-order valence-corrected chi connectivity index (χ3v) is 11.6. The number of anilines is 3. The standard InChI is InChI=1S/C56H37N/c1-2-10-38(11-3-1)42-21-22-45-36-50(31-26-44(45)34-42)57(48-29-24-39(25-30-48)43-28-32-54-47(35-43)23-20-40-12-4-6-16-51(40)54)49-15-8-14-46(37-49)53-18-9-19-55-52-17-7-5-13-41(52)27-33-56(53)55/h1-37H. The van der Waals surface area contributed by atoms with E-state index in [-0.39, 0.29) is 0 Å². The Morgan fingerprint density at radius 2 is 0.702 bits per heavy atom. The van der Waals surface area contributed by atoms with Crippen LogP contribution in [0.5, 0.6) is 0 Å². The van der Waals surface area contributed by atoms with Crippen molar-refractivity contribution >= 4 is 70.9 Å². The maximum absolute atomic E-state index is 2.39. The fraction of sp³-hybridized carbons (Fsp3) is 0. The second-order valence-corrected chi connectivity index (χ2v) is 15.0. The average molecular weight is 724 g/mol. The van der Waals surface area contributed by atoms with Gasteiger partial charge in [-0.3, -0.25) is 0 Å². The Kier molecular flexibility index (Phi) is 7.89. The third kappa shape index (κ3) is 5.89. The first-order valence-corrected chi connectivity index (χ1v) is 19.7. The van der Waals surface area contributed by atoms with Crippen molar-refractivity contribution in [2.24, 2.45) is 0 Å². The van der Waals surface area contributed by atoms with Crippen molar-refractivity contribution < 1.29 is 0 Å². The topological polar surface area (TPSA) is 3.24 Å². The van der Waals surface area contributed by atoms with Crippen LogP contribution in [0.4, 0.5) is 17.1 Å². The normalized spacial score (nSPS) is 11.5. The van der Waals surface area contributed by atoms with Gasteiger partial charge in [-0.2, -0.15) is 0 Å². The Balaban J connectivity index is 1.02. The van der Waals surface area contributed by atoms with Crippen LogP contribution >= 0.6 is 0 Å². The van der Waals surface area contributed by atoms with Crippen LogP contribution in [-0.2, 0) is 0 Å². The molecular formula is C56H37N. The van der Waals surface area contributed by atoms with Gasteiger partial charge in [0.25, 0.3) is 0 Å². The number of fused-ring (bicyclic) bond motifs is 7. The molecule has 0 fully saturated rings. The minimum atomic E-state index is 1.10. The summed E-state index contributed by atoms with van der Waals surface area (Å²) in [7, 11) is 0. The Hall–Kier alpha value is -7.48. The van der Waals surface area contributed by atoms with Gasteiger partial charge in [-0.25, -0.2) is 0 Å². The summed E-state index contributed by atoms with van der Waals surface area (Å²) in [5, 5.41) is 12.6. The molecule has 0 aliphatic heterocycles. The molecule has 0 aliphatic carbocycles.